The quantitative estimate of drug-likeness (QED) is 0.173. The lowest BCUT2D eigenvalue weighted by atomic mass is 10.1. The Morgan fingerprint density at radius 2 is 1.97 bits per heavy atom. The molecule has 0 spiro atoms. The predicted octanol–water partition coefficient (Wildman–Crippen LogP) is 3.25. The van der Waals surface area contributed by atoms with Crippen LogP contribution in [0.1, 0.15) is 33.3 Å². The highest BCUT2D eigenvalue weighted by atomic mass is 16.7. The van der Waals surface area contributed by atoms with E-state index >= 15 is 0 Å². The summed E-state index contributed by atoms with van der Waals surface area (Å²) < 4.78 is 9.70. The molecule has 10 heteroatoms. The molecule has 0 unspecified atom stereocenters. The summed E-state index contributed by atoms with van der Waals surface area (Å²) in [6.45, 7) is 7.90. The van der Waals surface area contributed by atoms with E-state index in [0.29, 0.717) is 13.1 Å². The molecule has 0 aliphatic rings. The largest absolute Gasteiger partial charge is 0.513 e. The van der Waals surface area contributed by atoms with Crippen LogP contribution in [0.4, 0.5) is 10.5 Å². The van der Waals surface area contributed by atoms with Crippen LogP contribution in [0.25, 0.3) is 6.08 Å². The third kappa shape index (κ3) is 6.49. The Morgan fingerprint density at radius 1 is 1.34 bits per heavy atom. The molecule has 0 radical (unpaired) electrons. The lowest BCUT2D eigenvalue weighted by Gasteiger charge is -2.17. The molecule has 0 aromatic heterocycles. The molecule has 10 nitrogen and oxygen atoms in total. The Kier molecular flexibility index (Phi) is 8.61. The zero-order valence-electron chi connectivity index (χ0n) is 16.7. The topological polar surface area (TPSA) is 143 Å². The predicted molar refractivity (Wildman–Crippen MR) is 103 cm³/mol. The second-order valence-electron chi connectivity index (χ2n) is 6.35. The number of nitriles is 1. The molecule has 0 atom stereocenters. The number of amides is 1. The van der Waals surface area contributed by atoms with Gasteiger partial charge in [0.05, 0.1) is 11.5 Å². The number of ether oxygens (including phenoxy) is 2. The summed E-state index contributed by atoms with van der Waals surface area (Å²) in [5.74, 6) is -1.91. The average molecular weight is 405 g/mol. The highest BCUT2D eigenvalue weighted by Gasteiger charge is 2.23. The number of likely N-dealkylation sites (N-methyl/N-ethyl adjacent to an activating group) is 1. The number of hydrogen-bond acceptors (Lipinski definition) is 8. The number of phenols is 1. The van der Waals surface area contributed by atoms with E-state index in [0.717, 1.165) is 18.2 Å². The number of carbonyl (C=O) groups is 2. The van der Waals surface area contributed by atoms with E-state index in [1.165, 1.54) is 4.90 Å². The molecular weight excluding hydrogens is 382 g/mol. The molecule has 29 heavy (non-hydrogen) atoms. The fourth-order valence-electron chi connectivity index (χ4n) is 2.26. The van der Waals surface area contributed by atoms with Gasteiger partial charge < -0.3 is 19.5 Å². The summed E-state index contributed by atoms with van der Waals surface area (Å²) in [4.78, 5) is 35.9. The number of nitro benzene ring substituents is 1. The van der Waals surface area contributed by atoms with E-state index < -0.39 is 34.2 Å². The van der Waals surface area contributed by atoms with E-state index in [2.05, 4.69) is 0 Å². The molecule has 1 aromatic carbocycles. The van der Waals surface area contributed by atoms with Gasteiger partial charge in [0.15, 0.2) is 5.75 Å². The molecule has 0 saturated heterocycles. The zero-order valence-corrected chi connectivity index (χ0v) is 16.7. The molecule has 1 aromatic rings. The van der Waals surface area contributed by atoms with Crippen LogP contribution < -0.4 is 4.74 Å². The molecule has 1 rings (SSSR count). The highest BCUT2D eigenvalue weighted by Crippen LogP contribution is 2.38. The normalized spacial score (nSPS) is 11.0. The number of hydrogen-bond donors (Lipinski definition) is 1. The van der Waals surface area contributed by atoms with Crippen molar-refractivity contribution in [2.75, 3.05) is 19.7 Å². The van der Waals surface area contributed by atoms with Crippen LogP contribution in [0.2, 0.25) is 0 Å². The Morgan fingerprint density at radius 3 is 2.45 bits per heavy atom. The lowest BCUT2D eigenvalue weighted by Crippen LogP contribution is -2.31. The standard InChI is InChI=1S/C19H23N3O7/c1-5-21(6-2)18(24)14(10-20)7-13-8-15(22(26)27)17(23)16(9-13)29-19(25)28-11-12(3)4/h7-9,12,23H,5-6,11H2,1-4H3. The SMILES string of the molecule is CCN(CC)C(=O)C(C#N)=Cc1cc(OC(=O)OCC(C)C)c(O)c([N+](=O)[O-])c1. The van der Waals surface area contributed by atoms with Crippen molar-refractivity contribution in [1.29, 1.82) is 5.26 Å². The highest BCUT2D eigenvalue weighted by molar-refractivity contribution is 6.01. The van der Waals surface area contributed by atoms with E-state index in [-0.39, 0.29) is 23.7 Å². The molecule has 156 valence electrons. The van der Waals surface area contributed by atoms with Crippen molar-refractivity contribution in [2.45, 2.75) is 27.7 Å². The maximum atomic E-state index is 12.4. The van der Waals surface area contributed by atoms with Crippen LogP contribution >= 0.6 is 0 Å². The minimum absolute atomic E-state index is 0.0261. The first kappa shape index (κ1) is 23.4. The number of aromatic hydroxyl groups is 1. The number of nitrogens with zero attached hydrogens (tertiary/aromatic N) is 3. The molecule has 0 aliphatic heterocycles. The van der Waals surface area contributed by atoms with Crippen LogP contribution in [-0.2, 0) is 9.53 Å². The van der Waals surface area contributed by atoms with E-state index in [1.54, 1.807) is 33.8 Å². The van der Waals surface area contributed by atoms with Crippen molar-refractivity contribution in [3.8, 4) is 17.6 Å². The Bertz CT molecular complexity index is 852. The second kappa shape index (κ2) is 10.7. The number of benzene rings is 1. The second-order valence-corrected chi connectivity index (χ2v) is 6.35. The van der Waals surface area contributed by atoms with Gasteiger partial charge in [0.25, 0.3) is 5.91 Å². The molecule has 0 fully saturated rings. The van der Waals surface area contributed by atoms with Gasteiger partial charge in [-0.1, -0.05) is 13.8 Å². The Labute approximate surface area is 168 Å². The molecule has 0 saturated carbocycles. The average Bonchev–Trinajstić information content (AvgIpc) is 2.67. The molecule has 1 N–H and O–H groups in total. The molecular formula is C19H23N3O7. The minimum Gasteiger partial charge on any atom is -0.499 e. The number of carbonyl (C=O) groups excluding carboxylic acids is 2. The van der Waals surface area contributed by atoms with Crippen LogP contribution in [0.5, 0.6) is 11.5 Å². The summed E-state index contributed by atoms with van der Waals surface area (Å²) in [7, 11) is 0. The van der Waals surface area contributed by atoms with Gasteiger partial charge in [0.2, 0.25) is 5.75 Å². The van der Waals surface area contributed by atoms with E-state index in [4.69, 9.17) is 9.47 Å². The van der Waals surface area contributed by atoms with Crippen molar-refractivity contribution >= 4 is 23.8 Å². The van der Waals surface area contributed by atoms with Crippen LogP contribution in [0.3, 0.4) is 0 Å². The van der Waals surface area contributed by atoms with Gasteiger partial charge in [-0.05, 0) is 37.5 Å². The number of rotatable bonds is 8. The first-order valence-electron chi connectivity index (χ1n) is 8.91. The van der Waals surface area contributed by atoms with Crippen LogP contribution in [0, 0.1) is 27.4 Å². The maximum absolute atomic E-state index is 12.4. The van der Waals surface area contributed by atoms with Crippen molar-refractivity contribution in [1.82, 2.24) is 4.90 Å². The van der Waals surface area contributed by atoms with Crippen molar-refractivity contribution in [2.24, 2.45) is 5.92 Å². The van der Waals surface area contributed by atoms with E-state index in [1.807, 2.05) is 0 Å². The number of phenolic OH excluding ortho intramolecular Hbond substituents is 1. The van der Waals surface area contributed by atoms with Crippen LogP contribution in [-0.4, -0.2) is 46.7 Å². The molecule has 0 aliphatic carbocycles. The molecule has 1 amide bonds. The summed E-state index contributed by atoms with van der Waals surface area (Å²) in [5, 5.41) is 30.6. The lowest BCUT2D eigenvalue weighted by molar-refractivity contribution is -0.385. The van der Waals surface area contributed by atoms with Crippen molar-refractivity contribution < 1.29 is 29.1 Å². The monoisotopic (exact) mass is 405 g/mol. The molecule has 0 heterocycles. The van der Waals surface area contributed by atoms with Crippen molar-refractivity contribution in [3.05, 3.63) is 33.4 Å². The third-order valence-corrected chi connectivity index (χ3v) is 3.71. The van der Waals surface area contributed by atoms with Crippen LogP contribution in [0.15, 0.2) is 17.7 Å². The minimum atomic E-state index is -1.15. The van der Waals surface area contributed by atoms with Gasteiger partial charge in [-0.25, -0.2) is 4.79 Å². The number of nitro groups is 1. The van der Waals surface area contributed by atoms with Gasteiger partial charge in [0, 0.05) is 19.2 Å². The fourth-order valence-corrected chi connectivity index (χ4v) is 2.26. The van der Waals surface area contributed by atoms with Gasteiger partial charge in [-0.15, -0.1) is 0 Å². The van der Waals surface area contributed by atoms with Gasteiger partial charge >= 0.3 is 11.8 Å². The summed E-state index contributed by atoms with van der Waals surface area (Å²) in [5.41, 5.74) is -0.988. The van der Waals surface area contributed by atoms with E-state index in [9.17, 15) is 30.1 Å². The zero-order chi connectivity index (χ0) is 22.1. The third-order valence-electron chi connectivity index (χ3n) is 3.71. The first-order chi connectivity index (χ1) is 13.6. The Hall–Kier alpha value is -3.61. The van der Waals surface area contributed by atoms with Gasteiger partial charge in [-0.3, -0.25) is 14.9 Å². The summed E-state index contributed by atoms with van der Waals surface area (Å²) in [6, 6.07) is 3.83. The smallest absolute Gasteiger partial charge is 0.499 e. The maximum Gasteiger partial charge on any atom is 0.513 e. The summed E-state index contributed by atoms with van der Waals surface area (Å²) in [6.07, 6.45) is -0.0245. The van der Waals surface area contributed by atoms with Gasteiger partial charge in [0.1, 0.15) is 11.6 Å². The van der Waals surface area contributed by atoms with Gasteiger partial charge in [-0.2, -0.15) is 5.26 Å². The molecule has 0 bridgehead atoms. The Balaban J connectivity index is 3.35. The first-order valence-corrected chi connectivity index (χ1v) is 8.91. The fraction of sp³-hybridized carbons (Fsp3) is 0.421. The summed E-state index contributed by atoms with van der Waals surface area (Å²) >= 11 is 0. The van der Waals surface area contributed by atoms with Crippen molar-refractivity contribution in [3.63, 3.8) is 0 Å².